The van der Waals surface area contributed by atoms with Gasteiger partial charge in [0, 0.05) is 0 Å². The summed E-state index contributed by atoms with van der Waals surface area (Å²) in [6, 6.07) is 2.22. The van der Waals surface area contributed by atoms with Crippen LogP contribution in [-0.4, -0.2) is 40.4 Å². The van der Waals surface area contributed by atoms with Crippen molar-refractivity contribution in [3.05, 3.63) is 0 Å². The molecule has 0 rings (SSSR count). The smallest absolute Gasteiger partial charge is 0.110 e. The Morgan fingerprint density at radius 2 is 0.950 bits per heavy atom. The summed E-state index contributed by atoms with van der Waals surface area (Å²) in [7, 11) is 0. The molecule has 0 aliphatic rings. The zero-order valence-electron chi connectivity index (χ0n) is 15.2. The Bertz CT molecular complexity index is 210. The van der Waals surface area contributed by atoms with Crippen LogP contribution >= 0.6 is 0 Å². The third-order valence-corrected chi connectivity index (χ3v) is 5.44. The Kier molecular flexibility index (Phi) is 9.74. The van der Waals surface area contributed by atoms with Crippen molar-refractivity contribution in [2.24, 2.45) is 0 Å². The average Bonchev–Trinajstić information content (AvgIpc) is 2.40. The average molecular weight is 287 g/mol. The van der Waals surface area contributed by atoms with Crippen molar-refractivity contribution in [3.8, 4) is 0 Å². The van der Waals surface area contributed by atoms with Gasteiger partial charge >= 0.3 is 0 Å². The molecule has 0 saturated carbocycles. The van der Waals surface area contributed by atoms with Crippen molar-refractivity contribution in [1.82, 2.24) is 0 Å². The highest BCUT2D eigenvalue weighted by Crippen LogP contribution is 2.34. The lowest BCUT2D eigenvalue weighted by atomic mass is 9.92. The van der Waals surface area contributed by atoms with E-state index in [-0.39, 0.29) is 0 Å². The van der Waals surface area contributed by atoms with Crippen LogP contribution in [0.15, 0.2) is 0 Å². The third kappa shape index (κ3) is 4.21. The fourth-order valence-electron chi connectivity index (χ4n) is 4.67. The van der Waals surface area contributed by atoms with E-state index in [0.717, 1.165) is 4.48 Å². The van der Waals surface area contributed by atoms with Gasteiger partial charge in [-0.1, -0.05) is 40.0 Å². The summed E-state index contributed by atoms with van der Waals surface area (Å²) in [5.74, 6) is 0. The summed E-state index contributed by atoms with van der Waals surface area (Å²) in [6.07, 6.45) is 7.47. The maximum absolute atomic E-state index is 9.91. The largest absolute Gasteiger partial charge is 0.390 e. The lowest BCUT2D eigenvalue weighted by Gasteiger charge is -2.56. The summed E-state index contributed by atoms with van der Waals surface area (Å²) in [6.45, 7) is 16.6. The highest BCUT2D eigenvalue weighted by molar-refractivity contribution is 4.71. The third-order valence-electron chi connectivity index (χ3n) is 5.44. The van der Waals surface area contributed by atoms with Gasteiger partial charge in [-0.05, 0) is 47.0 Å². The van der Waals surface area contributed by atoms with Gasteiger partial charge in [-0.25, -0.2) is 0 Å². The van der Waals surface area contributed by atoms with Crippen LogP contribution < -0.4 is 0 Å². The first-order valence-corrected chi connectivity index (χ1v) is 8.91. The van der Waals surface area contributed by atoms with Crippen LogP contribution in [0.3, 0.4) is 0 Å². The van der Waals surface area contributed by atoms with E-state index in [0.29, 0.717) is 30.8 Å². The normalized spacial score (nSPS) is 21.0. The van der Waals surface area contributed by atoms with Crippen molar-refractivity contribution in [3.63, 3.8) is 0 Å². The molecule has 2 nitrogen and oxygen atoms in total. The van der Waals surface area contributed by atoms with Crippen LogP contribution in [-0.2, 0) is 0 Å². The Morgan fingerprint density at radius 1 is 0.650 bits per heavy atom. The molecule has 0 aliphatic carbocycles. The summed E-state index contributed by atoms with van der Waals surface area (Å²) in [4.78, 5) is 0. The van der Waals surface area contributed by atoms with Crippen LogP contribution in [0.4, 0.5) is 0 Å². The fraction of sp³-hybridized carbons (Fsp3) is 1.00. The Morgan fingerprint density at radius 3 is 1.15 bits per heavy atom. The van der Waals surface area contributed by atoms with E-state index in [1.165, 1.54) is 38.5 Å². The van der Waals surface area contributed by atoms with E-state index in [1.54, 1.807) is 0 Å². The molecule has 122 valence electrons. The van der Waals surface area contributed by atoms with Crippen LogP contribution in [0.1, 0.15) is 87.0 Å². The SMILES string of the molecule is CCCC(C)[N+](C(C)CO)(C(C)CCC)C(C)CCC. The molecular weight excluding hydrogens is 246 g/mol. The first kappa shape index (κ1) is 19.9. The molecule has 20 heavy (non-hydrogen) atoms. The number of aliphatic hydroxyl groups is 1. The number of rotatable bonds is 11. The molecule has 0 aromatic heterocycles. The molecule has 0 spiro atoms. The second-order valence-electron chi connectivity index (χ2n) is 6.84. The van der Waals surface area contributed by atoms with E-state index in [2.05, 4.69) is 48.5 Å². The molecule has 0 fully saturated rings. The molecule has 4 atom stereocenters. The first-order valence-electron chi connectivity index (χ1n) is 8.91. The maximum atomic E-state index is 9.91. The van der Waals surface area contributed by atoms with Gasteiger partial charge in [0.2, 0.25) is 0 Å². The monoisotopic (exact) mass is 286 g/mol. The number of hydrogen-bond acceptors (Lipinski definition) is 1. The molecule has 0 bridgehead atoms. The molecule has 0 heterocycles. The molecule has 0 saturated heterocycles. The molecular formula is C18H40NO+. The molecule has 4 unspecified atom stereocenters. The van der Waals surface area contributed by atoms with E-state index in [1.807, 2.05) is 0 Å². The summed E-state index contributed by atoms with van der Waals surface area (Å²) < 4.78 is 1.10. The van der Waals surface area contributed by atoms with Crippen LogP contribution in [0.25, 0.3) is 0 Å². The van der Waals surface area contributed by atoms with Crippen molar-refractivity contribution in [1.29, 1.82) is 0 Å². The van der Waals surface area contributed by atoms with E-state index in [9.17, 15) is 5.11 Å². The summed E-state index contributed by atoms with van der Waals surface area (Å²) in [5.41, 5.74) is 0. The Labute approximate surface area is 128 Å². The maximum Gasteiger partial charge on any atom is 0.110 e. The second kappa shape index (κ2) is 9.78. The number of quaternary nitrogens is 1. The van der Waals surface area contributed by atoms with Gasteiger partial charge in [-0.2, -0.15) is 0 Å². The predicted octanol–water partition coefficient (Wildman–Crippen LogP) is 4.75. The standard InChI is InChI=1S/C18H40NO/c1-8-11-15(4)19(18(7)14-20,16(5)12-9-2)17(6)13-10-3/h15-18,20H,8-14H2,1-7H3/q+1. The van der Waals surface area contributed by atoms with Crippen LogP contribution in [0, 0.1) is 0 Å². The molecule has 1 N–H and O–H groups in total. The topological polar surface area (TPSA) is 20.2 Å². The van der Waals surface area contributed by atoms with Gasteiger partial charge < -0.3 is 9.59 Å². The van der Waals surface area contributed by atoms with Crippen LogP contribution in [0.5, 0.6) is 0 Å². The van der Waals surface area contributed by atoms with Gasteiger partial charge in [0.25, 0.3) is 0 Å². The Hall–Kier alpha value is -0.0800. The van der Waals surface area contributed by atoms with Gasteiger partial charge in [-0.15, -0.1) is 0 Å². The minimum Gasteiger partial charge on any atom is -0.390 e. The minimum atomic E-state index is 0.302. The van der Waals surface area contributed by atoms with Crippen molar-refractivity contribution in [2.45, 2.75) is 111 Å². The molecule has 0 radical (unpaired) electrons. The summed E-state index contributed by atoms with van der Waals surface area (Å²) in [5, 5.41) is 9.91. The van der Waals surface area contributed by atoms with E-state index in [4.69, 9.17) is 0 Å². The van der Waals surface area contributed by atoms with E-state index >= 15 is 0 Å². The molecule has 2 heteroatoms. The fourth-order valence-corrected chi connectivity index (χ4v) is 4.67. The lowest BCUT2D eigenvalue weighted by molar-refractivity contribution is -1.01. The highest BCUT2D eigenvalue weighted by Gasteiger charge is 2.46. The predicted molar refractivity (Wildman–Crippen MR) is 89.9 cm³/mol. The molecule has 0 aromatic rings. The van der Waals surface area contributed by atoms with Crippen molar-refractivity contribution >= 4 is 0 Å². The first-order chi connectivity index (χ1) is 9.43. The number of hydrogen-bond donors (Lipinski definition) is 1. The van der Waals surface area contributed by atoms with Crippen molar-refractivity contribution < 1.29 is 9.59 Å². The van der Waals surface area contributed by atoms with E-state index < -0.39 is 0 Å². The highest BCUT2D eigenvalue weighted by atomic mass is 16.3. The number of nitrogens with zero attached hydrogens (tertiary/aromatic N) is 1. The summed E-state index contributed by atoms with van der Waals surface area (Å²) >= 11 is 0. The molecule has 0 amide bonds. The minimum absolute atomic E-state index is 0.302. The van der Waals surface area contributed by atoms with Gasteiger partial charge in [0.1, 0.15) is 6.04 Å². The van der Waals surface area contributed by atoms with Gasteiger partial charge in [0.05, 0.1) is 24.7 Å². The molecule has 0 aromatic carbocycles. The van der Waals surface area contributed by atoms with Crippen molar-refractivity contribution in [2.75, 3.05) is 6.61 Å². The lowest BCUT2D eigenvalue weighted by Crippen LogP contribution is -2.69. The second-order valence-corrected chi connectivity index (χ2v) is 6.84. The molecule has 0 aliphatic heterocycles. The Balaban J connectivity index is 5.61. The van der Waals surface area contributed by atoms with Gasteiger partial charge in [0.15, 0.2) is 0 Å². The number of aliphatic hydroxyl groups excluding tert-OH is 1. The zero-order chi connectivity index (χ0) is 15.8. The quantitative estimate of drug-likeness (QED) is 0.543. The zero-order valence-corrected chi connectivity index (χ0v) is 15.2. The van der Waals surface area contributed by atoms with Gasteiger partial charge in [-0.3, -0.25) is 0 Å². The van der Waals surface area contributed by atoms with Crippen LogP contribution in [0.2, 0.25) is 0 Å².